The molecule has 0 spiro atoms. The van der Waals surface area contributed by atoms with Gasteiger partial charge >= 0.3 is 11.7 Å². The summed E-state index contributed by atoms with van der Waals surface area (Å²) in [4.78, 5) is 30.2. The van der Waals surface area contributed by atoms with Gasteiger partial charge in [0.05, 0.1) is 16.8 Å². The van der Waals surface area contributed by atoms with Crippen LogP contribution in [0.2, 0.25) is 0 Å². The molecule has 0 bridgehead atoms. The first-order valence-electron chi connectivity index (χ1n) is 5.98. The van der Waals surface area contributed by atoms with Gasteiger partial charge in [0.1, 0.15) is 0 Å². The van der Waals surface area contributed by atoms with E-state index in [4.69, 9.17) is 5.11 Å². The number of carbonyl (C=O) groups is 1. The predicted octanol–water partition coefficient (Wildman–Crippen LogP) is 1.72. The number of aromatic amines is 1. The van der Waals surface area contributed by atoms with Crippen molar-refractivity contribution in [1.82, 2.24) is 14.5 Å². The highest BCUT2D eigenvalue weighted by Crippen LogP contribution is 2.20. The molecule has 0 fully saturated rings. The number of carboxylic acids is 1. The predicted molar refractivity (Wildman–Crippen MR) is 73.4 cm³/mol. The second kappa shape index (κ2) is 4.34. The number of benzene rings is 1. The fourth-order valence-electron chi connectivity index (χ4n) is 2.26. The van der Waals surface area contributed by atoms with Crippen LogP contribution in [0.1, 0.15) is 15.9 Å². The molecule has 0 aliphatic rings. The summed E-state index contributed by atoms with van der Waals surface area (Å²) in [7, 11) is 0. The molecule has 2 N–H and O–H groups in total. The van der Waals surface area contributed by atoms with Crippen LogP contribution in [0.15, 0.2) is 41.3 Å². The Labute approximate surface area is 113 Å². The first-order chi connectivity index (χ1) is 9.59. The molecule has 0 atom stereocenters. The molecule has 100 valence electrons. The van der Waals surface area contributed by atoms with Gasteiger partial charge in [-0.15, -0.1) is 0 Å². The number of nitrogens with one attached hydrogen (secondary N) is 1. The zero-order valence-electron chi connectivity index (χ0n) is 10.6. The highest BCUT2D eigenvalue weighted by atomic mass is 16.4. The standard InChI is InChI=1S/C14H11N3O3/c1-8-9(13(18)19)4-2-6-11(8)17-12-10(16-14(17)20)5-3-7-15-12/h2-7H,1H3,(H,16,20)(H,18,19). The summed E-state index contributed by atoms with van der Waals surface area (Å²) in [6.07, 6.45) is 1.59. The van der Waals surface area contributed by atoms with Gasteiger partial charge in [0.2, 0.25) is 0 Å². The van der Waals surface area contributed by atoms with Gasteiger partial charge in [-0.1, -0.05) is 6.07 Å². The molecule has 1 aromatic carbocycles. The lowest BCUT2D eigenvalue weighted by atomic mass is 10.1. The Bertz CT molecular complexity index is 877. The second-order valence-corrected chi connectivity index (χ2v) is 4.39. The van der Waals surface area contributed by atoms with E-state index >= 15 is 0 Å². The molecule has 20 heavy (non-hydrogen) atoms. The van der Waals surface area contributed by atoms with Gasteiger partial charge in [-0.05, 0) is 36.8 Å². The number of carboxylic acid groups (broad SMARTS) is 1. The van der Waals surface area contributed by atoms with E-state index in [0.717, 1.165) is 0 Å². The monoisotopic (exact) mass is 269 g/mol. The Hall–Kier alpha value is -2.89. The van der Waals surface area contributed by atoms with Gasteiger partial charge in [-0.25, -0.2) is 19.1 Å². The van der Waals surface area contributed by atoms with Crippen LogP contribution in [-0.4, -0.2) is 25.6 Å². The molecule has 0 aliphatic heterocycles. The number of aromatic nitrogens is 3. The van der Waals surface area contributed by atoms with Gasteiger partial charge in [-0.3, -0.25) is 0 Å². The molecule has 0 unspecified atom stereocenters. The van der Waals surface area contributed by atoms with E-state index < -0.39 is 5.97 Å². The lowest BCUT2D eigenvalue weighted by Crippen LogP contribution is -2.17. The van der Waals surface area contributed by atoms with Crippen molar-refractivity contribution in [3.63, 3.8) is 0 Å². The Morgan fingerprint density at radius 3 is 2.85 bits per heavy atom. The van der Waals surface area contributed by atoms with Crippen molar-refractivity contribution in [3.8, 4) is 5.69 Å². The molecule has 2 aromatic heterocycles. The van der Waals surface area contributed by atoms with Crippen molar-refractivity contribution in [1.29, 1.82) is 0 Å². The molecule has 6 nitrogen and oxygen atoms in total. The maximum atomic E-state index is 12.1. The quantitative estimate of drug-likeness (QED) is 0.741. The van der Waals surface area contributed by atoms with Crippen LogP contribution in [0.5, 0.6) is 0 Å². The minimum absolute atomic E-state index is 0.166. The van der Waals surface area contributed by atoms with Crippen molar-refractivity contribution in [3.05, 3.63) is 58.1 Å². The number of imidazole rings is 1. The van der Waals surface area contributed by atoms with E-state index in [9.17, 15) is 9.59 Å². The van der Waals surface area contributed by atoms with Crippen molar-refractivity contribution >= 4 is 17.1 Å². The van der Waals surface area contributed by atoms with Crippen LogP contribution in [-0.2, 0) is 0 Å². The summed E-state index contributed by atoms with van der Waals surface area (Å²) in [5.41, 5.74) is 1.94. The van der Waals surface area contributed by atoms with Crippen LogP contribution in [0, 0.1) is 6.92 Å². The third kappa shape index (κ3) is 1.70. The van der Waals surface area contributed by atoms with E-state index in [1.807, 2.05) is 0 Å². The van der Waals surface area contributed by atoms with Crippen LogP contribution in [0.25, 0.3) is 16.9 Å². The zero-order valence-corrected chi connectivity index (χ0v) is 10.6. The number of pyridine rings is 1. The van der Waals surface area contributed by atoms with Gasteiger partial charge < -0.3 is 10.1 Å². The fraction of sp³-hybridized carbons (Fsp3) is 0.0714. The molecule has 0 radical (unpaired) electrons. The SMILES string of the molecule is Cc1c(C(=O)O)cccc1-n1c(=O)[nH]c2cccnc21. The van der Waals surface area contributed by atoms with E-state index in [0.29, 0.717) is 22.4 Å². The Balaban J connectivity index is 2.37. The highest BCUT2D eigenvalue weighted by molar-refractivity contribution is 5.90. The minimum atomic E-state index is -1.02. The third-order valence-corrected chi connectivity index (χ3v) is 3.22. The summed E-state index contributed by atoms with van der Waals surface area (Å²) in [6.45, 7) is 1.67. The molecular formula is C14H11N3O3. The topological polar surface area (TPSA) is 88.0 Å². The van der Waals surface area contributed by atoms with Crippen LogP contribution >= 0.6 is 0 Å². The summed E-state index contributed by atoms with van der Waals surface area (Å²) in [5.74, 6) is -1.02. The number of hydrogen-bond acceptors (Lipinski definition) is 3. The van der Waals surface area contributed by atoms with Crippen molar-refractivity contribution in [2.75, 3.05) is 0 Å². The maximum Gasteiger partial charge on any atom is 0.336 e. The maximum absolute atomic E-state index is 12.1. The smallest absolute Gasteiger partial charge is 0.336 e. The summed E-state index contributed by atoms with van der Waals surface area (Å²) < 4.78 is 1.39. The first kappa shape index (κ1) is 12.2. The number of fused-ring (bicyclic) bond motifs is 1. The number of aromatic carboxylic acids is 1. The van der Waals surface area contributed by atoms with Gasteiger partial charge in [0.25, 0.3) is 0 Å². The van der Waals surface area contributed by atoms with E-state index in [1.54, 1.807) is 37.4 Å². The van der Waals surface area contributed by atoms with E-state index in [1.165, 1.54) is 10.6 Å². The Morgan fingerprint density at radius 2 is 2.10 bits per heavy atom. The summed E-state index contributed by atoms with van der Waals surface area (Å²) in [6, 6.07) is 8.29. The van der Waals surface area contributed by atoms with Crippen LogP contribution < -0.4 is 5.69 Å². The normalized spacial score (nSPS) is 10.8. The molecule has 3 aromatic rings. The number of H-pyrrole nitrogens is 1. The molecule has 0 amide bonds. The largest absolute Gasteiger partial charge is 0.478 e. The second-order valence-electron chi connectivity index (χ2n) is 4.39. The molecule has 0 saturated heterocycles. The van der Waals surface area contributed by atoms with Crippen LogP contribution in [0.3, 0.4) is 0 Å². The Morgan fingerprint density at radius 1 is 1.30 bits per heavy atom. The van der Waals surface area contributed by atoms with Crippen molar-refractivity contribution < 1.29 is 9.90 Å². The summed E-state index contributed by atoms with van der Waals surface area (Å²) >= 11 is 0. The average Bonchev–Trinajstić information content (AvgIpc) is 2.75. The lowest BCUT2D eigenvalue weighted by Gasteiger charge is -2.09. The average molecular weight is 269 g/mol. The molecule has 0 aliphatic carbocycles. The zero-order chi connectivity index (χ0) is 14.3. The molecule has 2 heterocycles. The Kier molecular flexibility index (Phi) is 2.64. The highest BCUT2D eigenvalue weighted by Gasteiger charge is 2.15. The van der Waals surface area contributed by atoms with Crippen LogP contribution in [0.4, 0.5) is 0 Å². The first-order valence-corrected chi connectivity index (χ1v) is 5.98. The van der Waals surface area contributed by atoms with Crippen molar-refractivity contribution in [2.45, 2.75) is 6.92 Å². The van der Waals surface area contributed by atoms with Gasteiger partial charge in [0, 0.05) is 6.20 Å². The van der Waals surface area contributed by atoms with Gasteiger partial charge in [0.15, 0.2) is 5.65 Å². The minimum Gasteiger partial charge on any atom is -0.478 e. The number of nitrogens with zero attached hydrogens (tertiary/aromatic N) is 2. The van der Waals surface area contributed by atoms with E-state index in [2.05, 4.69) is 9.97 Å². The van der Waals surface area contributed by atoms with Crippen molar-refractivity contribution in [2.24, 2.45) is 0 Å². The van der Waals surface area contributed by atoms with Gasteiger partial charge in [-0.2, -0.15) is 0 Å². The summed E-state index contributed by atoms with van der Waals surface area (Å²) in [5, 5.41) is 9.16. The number of hydrogen-bond donors (Lipinski definition) is 2. The molecule has 0 saturated carbocycles. The number of rotatable bonds is 2. The fourth-order valence-corrected chi connectivity index (χ4v) is 2.26. The molecule has 6 heteroatoms. The molecule has 3 rings (SSSR count). The lowest BCUT2D eigenvalue weighted by molar-refractivity contribution is 0.0696. The van der Waals surface area contributed by atoms with E-state index in [-0.39, 0.29) is 11.3 Å². The molecular weight excluding hydrogens is 258 g/mol. The third-order valence-electron chi connectivity index (χ3n) is 3.22.